The molecule has 0 N–H and O–H groups in total. The smallest absolute Gasteiger partial charge is 0.395 e. The van der Waals surface area contributed by atoms with Crippen LogP contribution in [0, 0.1) is 20.2 Å². The van der Waals surface area contributed by atoms with E-state index in [-0.39, 0.29) is 24.6 Å². The summed E-state index contributed by atoms with van der Waals surface area (Å²) in [6, 6.07) is 4.53. The van der Waals surface area contributed by atoms with Crippen molar-refractivity contribution in [1.29, 1.82) is 0 Å². The topological polar surface area (TPSA) is 175 Å². The van der Waals surface area contributed by atoms with E-state index in [0.29, 0.717) is 19.3 Å². The minimum Gasteiger partial charge on any atom is -0.395 e. The summed E-state index contributed by atoms with van der Waals surface area (Å²) in [5.74, 6) is -2.81. The van der Waals surface area contributed by atoms with E-state index in [2.05, 4.69) is 10.6 Å². The molecule has 0 unspecified atom stereocenters. The molecule has 2 aromatic heterocycles. The van der Waals surface area contributed by atoms with E-state index in [1.807, 2.05) is 0 Å². The molecule has 2 heterocycles. The van der Waals surface area contributed by atoms with Gasteiger partial charge in [0, 0.05) is 13.1 Å². The quantitative estimate of drug-likeness (QED) is 0.342. The Morgan fingerprint density at radius 2 is 1.19 bits per heavy atom. The van der Waals surface area contributed by atoms with E-state index in [9.17, 15) is 29.8 Å². The average molecular weight is 378 g/mol. The molecule has 0 aliphatic carbocycles. The highest BCUT2D eigenvalue weighted by Gasteiger charge is 2.18. The Kier molecular flexibility index (Phi) is 6.63. The lowest BCUT2D eigenvalue weighted by atomic mass is 10.2. The molecule has 2 amide bonds. The number of nitro groups is 2. The Morgan fingerprint density at radius 1 is 0.778 bits per heavy atom. The second-order valence-corrected chi connectivity index (χ2v) is 5.22. The lowest BCUT2D eigenvalue weighted by molar-refractivity contribution is -0.402. The molecule has 27 heavy (non-hydrogen) atoms. The van der Waals surface area contributed by atoms with E-state index in [4.69, 9.17) is 8.83 Å². The van der Waals surface area contributed by atoms with Gasteiger partial charge in [-0.1, -0.05) is 0 Å². The average Bonchev–Trinajstić information content (AvgIpc) is 3.30. The molecule has 0 saturated carbocycles. The summed E-state index contributed by atoms with van der Waals surface area (Å²) in [7, 11) is 0. The summed E-state index contributed by atoms with van der Waals surface area (Å²) in [5.41, 5.74) is 0. The van der Waals surface area contributed by atoms with Crippen LogP contribution in [0.4, 0.5) is 11.8 Å². The second-order valence-electron chi connectivity index (χ2n) is 5.22. The summed E-state index contributed by atoms with van der Waals surface area (Å²) in [4.78, 5) is 42.8. The van der Waals surface area contributed by atoms with Gasteiger partial charge in [0.25, 0.3) is 0 Å². The van der Waals surface area contributed by atoms with Crippen LogP contribution in [0.2, 0.25) is 0 Å². The minimum absolute atomic E-state index is 0.199. The number of nitrogens with zero attached hydrogens (tertiary/aromatic N) is 4. The summed E-state index contributed by atoms with van der Waals surface area (Å²) in [6.45, 7) is 0.400. The Morgan fingerprint density at radius 3 is 1.52 bits per heavy atom. The van der Waals surface area contributed by atoms with Crippen LogP contribution >= 0.6 is 0 Å². The van der Waals surface area contributed by atoms with Gasteiger partial charge in [-0.15, -0.1) is 0 Å². The van der Waals surface area contributed by atoms with Gasteiger partial charge >= 0.3 is 23.6 Å². The zero-order valence-corrected chi connectivity index (χ0v) is 13.9. The van der Waals surface area contributed by atoms with Gasteiger partial charge < -0.3 is 8.83 Å². The summed E-state index contributed by atoms with van der Waals surface area (Å²) in [5, 5.41) is 28.4. The predicted molar refractivity (Wildman–Crippen MR) is 87.2 cm³/mol. The molecule has 0 aliphatic rings. The molecule has 0 fully saturated rings. The summed E-state index contributed by atoms with van der Waals surface area (Å²) in [6.07, 6.45) is 1.72. The highest BCUT2D eigenvalue weighted by atomic mass is 16.7. The first-order chi connectivity index (χ1) is 12.9. The summed E-state index contributed by atoms with van der Waals surface area (Å²) >= 11 is 0. The third-order valence-electron chi connectivity index (χ3n) is 3.29. The van der Waals surface area contributed by atoms with Crippen molar-refractivity contribution in [1.82, 2.24) is 10.6 Å². The van der Waals surface area contributed by atoms with Gasteiger partial charge in [0.1, 0.15) is 9.85 Å². The van der Waals surface area contributed by atoms with Crippen LogP contribution < -0.4 is 10.6 Å². The molecule has 0 spiro atoms. The van der Waals surface area contributed by atoms with Crippen LogP contribution in [0.15, 0.2) is 33.1 Å². The number of carbonyl (C=O) groups excluding carboxylic acids is 2. The monoisotopic (exact) mass is 378 g/mol. The number of hydrogen-bond donors (Lipinski definition) is 0. The van der Waals surface area contributed by atoms with Crippen LogP contribution in [0.25, 0.3) is 0 Å². The molecule has 12 heteroatoms. The fraction of sp³-hybridized carbons (Fsp3) is 0.333. The molecular weight excluding hydrogens is 364 g/mol. The second kappa shape index (κ2) is 9.12. The van der Waals surface area contributed by atoms with Crippen LogP contribution in [0.1, 0.15) is 40.4 Å². The van der Waals surface area contributed by atoms with Crippen molar-refractivity contribution in [3.05, 3.63) is 56.0 Å². The van der Waals surface area contributed by atoms with Crippen molar-refractivity contribution in [2.75, 3.05) is 13.1 Å². The standard InChI is InChI=1S/C15H14N4O8/c20-14(10-4-6-12(26-10)18(22)23)16-8-2-1-3-9-17-15(21)11-5-7-13(27-11)19(24)25/h4-7H,1-3,8-9H2. The molecule has 0 bridgehead atoms. The fourth-order valence-electron chi connectivity index (χ4n) is 2.00. The lowest BCUT2D eigenvalue weighted by Gasteiger charge is -2.01. The molecule has 0 saturated heterocycles. The summed E-state index contributed by atoms with van der Waals surface area (Å²) < 4.78 is 9.48. The highest BCUT2D eigenvalue weighted by molar-refractivity contribution is 5.91. The number of rotatable bonds is 10. The molecule has 142 valence electrons. The van der Waals surface area contributed by atoms with E-state index in [1.165, 1.54) is 12.1 Å². The van der Waals surface area contributed by atoms with Gasteiger partial charge in [-0.3, -0.25) is 29.8 Å². The van der Waals surface area contributed by atoms with Gasteiger partial charge in [0.15, 0.2) is 0 Å². The zero-order valence-electron chi connectivity index (χ0n) is 13.9. The van der Waals surface area contributed by atoms with Gasteiger partial charge in [0.2, 0.25) is 11.5 Å². The fourth-order valence-corrected chi connectivity index (χ4v) is 2.00. The van der Waals surface area contributed by atoms with Gasteiger partial charge in [-0.2, -0.15) is 0 Å². The Balaban J connectivity index is 1.58. The van der Waals surface area contributed by atoms with Crippen molar-refractivity contribution in [3.8, 4) is 0 Å². The van der Waals surface area contributed by atoms with E-state index in [0.717, 1.165) is 12.1 Å². The molecule has 12 nitrogen and oxygen atoms in total. The number of hydrogen-bond acceptors (Lipinski definition) is 8. The molecule has 0 aliphatic heterocycles. The van der Waals surface area contributed by atoms with Crippen LogP contribution in [-0.2, 0) is 0 Å². The Hall–Kier alpha value is -3.70. The molecule has 2 radical (unpaired) electrons. The molecule has 0 aromatic carbocycles. The third-order valence-corrected chi connectivity index (χ3v) is 3.29. The molecule has 2 aromatic rings. The first-order valence-electron chi connectivity index (χ1n) is 7.80. The number of furan rings is 2. The predicted octanol–water partition coefficient (Wildman–Crippen LogP) is 2.05. The maximum Gasteiger partial charge on any atom is 0.433 e. The number of amides is 2. The SMILES string of the molecule is O=C([N]CCCCC[N]C(=O)c1ccc([N+](=O)[O-])o1)c1ccc([N+](=O)[O-])o1. The van der Waals surface area contributed by atoms with E-state index >= 15 is 0 Å². The largest absolute Gasteiger partial charge is 0.433 e. The first-order valence-corrected chi connectivity index (χ1v) is 7.80. The van der Waals surface area contributed by atoms with Crippen molar-refractivity contribution in [2.45, 2.75) is 19.3 Å². The highest BCUT2D eigenvalue weighted by Crippen LogP contribution is 2.16. The Bertz CT molecular complexity index is 772. The maximum absolute atomic E-state index is 11.7. The number of unbranched alkanes of at least 4 members (excludes halogenated alkanes) is 2. The van der Waals surface area contributed by atoms with E-state index < -0.39 is 33.4 Å². The van der Waals surface area contributed by atoms with Gasteiger partial charge in [0.05, 0.1) is 12.1 Å². The van der Waals surface area contributed by atoms with Crippen molar-refractivity contribution in [2.24, 2.45) is 0 Å². The minimum atomic E-state index is -0.748. The first kappa shape index (κ1) is 19.6. The Labute approximate surface area is 151 Å². The molecular formula is C15H14N4O8. The van der Waals surface area contributed by atoms with Crippen molar-refractivity contribution >= 4 is 23.6 Å². The molecule has 0 atom stereocenters. The van der Waals surface area contributed by atoms with Crippen molar-refractivity contribution < 1.29 is 28.3 Å². The van der Waals surface area contributed by atoms with Gasteiger partial charge in [-0.25, -0.2) is 10.6 Å². The van der Waals surface area contributed by atoms with Crippen LogP contribution in [-0.4, -0.2) is 34.8 Å². The third kappa shape index (κ3) is 5.66. The normalized spacial score (nSPS) is 10.4. The van der Waals surface area contributed by atoms with Crippen molar-refractivity contribution in [3.63, 3.8) is 0 Å². The maximum atomic E-state index is 11.7. The molecule has 2 rings (SSSR count). The zero-order chi connectivity index (χ0) is 19.8. The van der Waals surface area contributed by atoms with Crippen LogP contribution in [0.5, 0.6) is 0 Å². The van der Waals surface area contributed by atoms with Gasteiger partial charge in [-0.05, 0) is 31.4 Å². The lowest BCUT2D eigenvalue weighted by Crippen LogP contribution is -2.18. The number of carbonyl (C=O) groups is 2. The van der Waals surface area contributed by atoms with Crippen LogP contribution in [0.3, 0.4) is 0 Å². The van der Waals surface area contributed by atoms with E-state index in [1.54, 1.807) is 0 Å².